The molecule has 1 amide bonds. The van der Waals surface area contributed by atoms with Gasteiger partial charge in [-0.25, -0.2) is 13.4 Å². The molecular formula is C20H32N4O4S. The summed E-state index contributed by atoms with van der Waals surface area (Å²) in [6.45, 7) is 6.74. The smallest absolute Gasteiger partial charge is 0.255 e. The molecule has 0 spiro atoms. The molecular weight excluding hydrogens is 392 g/mol. The fourth-order valence-corrected chi connectivity index (χ4v) is 5.41. The zero-order chi connectivity index (χ0) is 21.2. The van der Waals surface area contributed by atoms with Crippen LogP contribution in [0, 0.1) is 5.92 Å². The van der Waals surface area contributed by atoms with Crippen LogP contribution in [0.2, 0.25) is 0 Å². The van der Waals surface area contributed by atoms with E-state index >= 15 is 0 Å². The first-order valence-electron chi connectivity index (χ1n) is 10.7. The van der Waals surface area contributed by atoms with E-state index in [1.165, 1.54) is 4.31 Å². The summed E-state index contributed by atoms with van der Waals surface area (Å²) in [5.41, 5.74) is 0.791. The summed E-state index contributed by atoms with van der Waals surface area (Å²) in [6.07, 6.45) is 4.74. The largest absolute Gasteiger partial charge is 0.332 e. The predicted molar refractivity (Wildman–Crippen MR) is 111 cm³/mol. The van der Waals surface area contributed by atoms with Gasteiger partial charge in [0.05, 0.1) is 23.1 Å². The van der Waals surface area contributed by atoms with Crippen molar-refractivity contribution in [3.05, 3.63) is 27.4 Å². The third-order valence-corrected chi connectivity index (χ3v) is 8.07. The van der Waals surface area contributed by atoms with E-state index in [1.807, 2.05) is 18.7 Å². The Bertz CT molecular complexity index is 908. The average Bonchev–Trinajstić information content (AvgIpc) is 2.74. The second-order valence-electron chi connectivity index (χ2n) is 7.92. The summed E-state index contributed by atoms with van der Waals surface area (Å²) in [4.78, 5) is 35.3. The zero-order valence-electron chi connectivity index (χ0n) is 17.6. The van der Waals surface area contributed by atoms with E-state index in [9.17, 15) is 18.0 Å². The highest BCUT2D eigenvalue weighted by Crippen LogP contribution is 2.31. The molecule has 0 aliphatic carbocycles. The number of rotatable bonds is 6. The lowest BCUT2D eigenvalue weighted by atomic mass is 9.95. The van der Waals surface area contributed by atoms with E-state index in [-0.39, 0.29) is 35.7 Å². The summed E-state index contributed by atoms with van der Waals surface area (Å²) in [7, 11) is -3.35. The van der Waals surface area contributed by atoms with Gasteiger partial charge in [0.25, 0.3) is 5.56 Å². The number of nitrogens with zero attached hydrogens (tertiary/aromatic N) is 3. The van der Waals surface area contributed by atoms with Crippen LogP contribution in [0.4, 0.5) is 0 Å². The topological polar surface area (TPSA) is 103 Å². The summed E-state index contributed by atoms with van der Waals surface area (Å²) in [5.74, 6) is 0.689. The van der Waals surface area contributed by atoms with Crippen molar-refractivity contribution in [3.8, 4) is 0 Å². The lowest BCUT2D eigenvalue weighted by molar-refractivity contribution is -0.140. The Morgan fingerprint density at radius 3 is 2.59 bits per heavy atom. The molecule has 0 radical (unpaired) electrons. The summed E-state index contributed by atoms with van der Waals surface area (Å²) in [5, 5.41) is 0. The van der Waals surface area contributed by atoms with Gasteiger partial charge in [-0.05, 0) is 39.0 Å². The molecule has 9 heteroatoms. The van der Waals surface area contributed by atoms with Crippen molar-refractivity contribution in [3.63, 3.8) is 0 Å². The van der Waals surface area contributed by atoms with Crippen molar-refractivity contribution in [1.29, 1.82) is 0 Å². The molecule has 1 unspecified atom stereocenters. The SMILES string of the molecule is CCC(CC)C(=O)N1CCCCC1c1nc2c(c(=O)[nH]1)CN(S(=O)(=O)CC)CC2. The summed E-state index contributed by atoms with van der Waals surface area (Å²) in [6, 6.07) is -0.216. The van der Waals surface area contributed by atoms with E-state index in [0.717, 1.165) is 32.1 Å². The molecule has 1 N–H and O–H groups in total. The van der Waals surface area contributed by atoms with E-state index in [1.54, 1.807) is 6.92 Å². The zero-order valence-corrected chi connectivity index (χ0v) is 18.4. The monoisotopic (exact) mass is 424 g/mol. The molecule has 2 aliphatic heterocycles. The molecule has 3 heterocycles. The Hall–Kier alpha value is -1.74. The lowest BCUT2D eigenvalue weighted by Gasteiger charge is -2.37. The molecule has 1 saturated heterocycles. The van der Waals surface area contributed by atoms with Crippen LogP contribution in [0.1, 0.15) is 76.0 Å². The number of nitrogens with one attached hydrogen (secondary N) is 1. The van der Waals surface area contributed by atoms with Crippen molar-refractivity contribution in [2.75, 3.05) is 18.8 Å². The summed E-state index contributed by atoms with van der Waals surface area (Å²) >= 11 is 0. The molecule has 2 aliphatic rings. The molecule has 3 rings (SSSR count). The van der Waals surface area contributed by atoms with Gasteiger partial charge in [0.15, 0.2) is 0 Å². The van der Waals surface area contributed by atoms with Crippen LogP contribution >= 0.6 is 0 Å². The van der Waals surface area contributed by atoms with Gasteiger partial charge in [-0.15, -0.1) is 0 Å². The van der Waals surface area contributed by atoms with Gasteiger partial charge in [-0.3, -0.25) is 9.59 Å². The lowest BCUT2D eigenvalue weighted by Crippen LogP contribution is -2.44. The van der Waals surface area contributed by atoms with Crippen LogP contribution < -0.4 is 5.56 Å². The average molecular weight is 425 g/mol. The van der Waals surface area contributed by atoms with Crippen LogP contribution in [0.5, 0.6) is 0 Å². The number of hydrogen-bond donors (Lipinski definition) is 1. The van der Waals surface area contributed by atoms with Gasteiger partial charge >= 0.3 is 0 Å². The number of sulfonamides is 1. The van der Waals surface area contributed by atoms with E-state index in [4.69, 9.17) is 4.98 Å². The molecule has 0 saturated carbocycles. The number of carbonyl (C=O) groups excluding carboxylic acids is 1. The third kappa shape index (κ3) is 4.40. The normalized spacial score (nSPS) is 20.7. The Morgan fingerprint density at radius 2 is 1.93 bits per heavy atom. The van der Waals surface area contributed by atoms with Crippen LogP contribution in [0.15, 0.2) is 4.79 Å². The third-order valence-electron chi connectivity index (χ3n) is 6.25. The highest BCUT2D eigenvalue weighted by atomic mass is 32.2. The summed E-state index contributed by atoms with van der Waals surface area (Å²) < 4.78 is 25.7. The number of aromatic amines is 1. The standard InChI is InChI=1S/C20H32N4O4S/c1-4-14(5-2)20(26)24-11-8-7-9-17(24)18-21-16-10-12-23(29(27,28)6-3)13-15(16)19(25)22-18/h14,17H,4-13H2,1-3H3,(H,21,22,25). The number of carbonyl (C=O) groups is 1. The minimum Gasteiger partial charge on any atom is -0.332 e. The number of piperidine rings is 1. The van der Waals surface area contributed by atoms with Crippen molar-refractivity contribution in [1.82, 2.24) is 19.2 Å². The van der Waals surface area contributed by atoms with E-state index in [2.05, 4.69) is 4.98 Å². The van der Waals surface area contributed by atoms with Crippen LogP contribution in [-0.4, -0.2) is 52.3 Å². The maximum atomic E-state index is 13.0. The number of fused-ring (bicyclic) bond motifs is 1. The Balaban J connectivity index is 1.91. The number of H-pyrrole nitrogens is 1. The first kappa shape index (κ1) is 22.0. The Morgan fingerprint density at radius 1 is 1.21 bits per heavy atom. The van der Waals surface area contributed by atoms with Gasteiger partial charge in [0.2, 0.25) is 15.9 Å². The second-order valence-corrected chi connectivity index (χ2v) is 10.2. The molecule has 1 aromatic rings. The first-order chi connectivity index (χ1) is 13.8. The molecule has 0 bridgehead atoms. The van der Waals surface area contributed by atoms with Gasteiger partial charge in [-0.2, -0.15) is 4.31 Å². The molecule has 162 valence electrons. The van der Waals surface area contributed by atoms with Crippen LogP contribution in [-0.2, 0) is 27.8 Å². The van der Waals surface area contributed by atoms with Gasteiger partial charge in [0, 0.05) is 32.0 Å². The van der Waals surface area contributed by atoms with Gasteiger partial charge in [0.1, 0.15) is 5.82 Å². The molecule has 0 aromatic carbocycles. The van der Waals surface area contributed by atoms with Crippen molar-refractivity contribution in [2.24, 2.45) is 5.92 Å². The Kier molecular flexibility index (Phi) is 6.78. The highest BCUT2D eigenvalue weighted by Gasteiger charge is 2.34. The fourth-order valence-electron chi connectivity index (χ4n) is 4.35. The molecule has 29 heavy (non-hydrogen) atoms. The fraction of sp³-hybridized carbons (Fsp3) is 0.750. The van der Waals surface area contributed by atoms with E-state index < -0.39 is 10.0 Å². The van der Waals surface area contributed by atoms with E-state index in [0.29, 0.717) is 36.6 Å². The maximum Gasteiger partial charge on any atom is 0.255 e. The maximum absolute atomic E-state index is 13.0. The van der Waals surface area contributed by atoms with Gasteiger partial charge in [-0.1, -0.05) is 13.8 Å². The number of hydrogen-bond acceptors (Lipinski definition) is 5. The minimum absolute atomic E-state index is 0.00671. The Labute approximate surface area is 172 Å². The van der Waals surface area contributed by atoms with Crippen LogP contribution in [0.3, 0.4) is 0 Å². The predicted octanol–water partition coefficient (Wildman–Crippen LogP) is 1.97. The second kappa shape index (κ2) is 8.95. The van der Waals surface area contributed by atoms with Gasteiger partial charge < -0.3 is 9.88 Å². The number of aromatic nitrogens is 2. The molecule has 1 atom stereocenters. The van der Waals surface area contributed by atoms with Crippen molar-refractivity contribution in [2.45, 2.75) is 71.9 Å². The number of likely N-dealkylation sites (tertiary alicyclic amines) is 1. The van der Waals surface area contributed by atoms with Crippen LogP contribution in [0.25, 0.3) is 0 Å². The van der Waals surface area contributed by atoms with Crippen molar-refractivity contribution >= 4 is 15.9 Å². The molecule has 8 nitrogen and oxygen atoms in total. The number of amides is 1. The molecule has 1 aromatic heterocycles. The minimum atomic E-state index is -3.35. The highest BCUT2D eigenvalue weighted by molar-refractivity contribution is 7.89. The first-order valence-corrected chi connectivity index (χ1v) is 12.3. The molecule has 1 fully saturated rings. The van der Waals surface area contributed by atoms with Crippen molar-refractivity contribution < 1.29 is 13.2 Å². The quantitative estimate of drug-likeness (QED) is 0.752.